The highest BCUT2D eigenvalue weighted by Gasteiger charge is 2.35. The maximum absolute atomic E-state index is 12.5. The Hall–Kier alpha value is -1.67. The maximum atomic E-state index is 12.5. The van der Waals surface area contributed by atoms with E-state index in [-0.39, 0.29) is 17.7 Å². The molecule has 2 aromatic heterocycles. The Kier molecular flexibility index (Phi) is 5.29. The first-order valence-electron chi connectivity index (χ1n) is 8.36. The lowest BCUT2D eigenvalue weighted by Crippen LogP contribution is -2.32. The van der Waals surface area contributed by atoms with Crippen molar-refractivity contribution >= 4 is 39.9 Å². The smallest absolute Gasteiger partial charge is 0.228 e. The van der Waals surface area contributed by atoms with Crippen LogP contribution < -0.4 is 4.90 Å². The Morgan fingerprint density at radius 2 is 2.08 bits per heavy atom. The van der Waals surface area contributed by atoms with Crippen molar-refractivity contribution in [1.29, 1.82) is 0 Å². The van der Waals surface area contributed by atoms with Crippen LogP contribution in [0, 0.1) is 13.8 Å². The number of aryl methyl sites for hydroxylation is 1. The number of anilines is 1. The van der Waals surface area contributed by atoms with Gasteiger partial charge in [-0.2, -0.15) is 0 Å². The molecular weight excluding hydrogens is 356 g/mol. The Bertz CT molecular complexity index is 808. The van der Waals surface area contributed by atoms with Crippen molar-refractivity contribution in [3.05, 3.63) is 23.0 Å². The van der Waals surface area contributed by atoms with Gasteiger partial charge in [0.05, 0.1) is 5.75 Å². The summed E-state index contributed by atoms with van der Waals surface area (Å²) in [6, 6.07) is 2.20. The van der Waals surface area contributed by atoms with Gasteiger partial charge >= 0.3 is 0 Å². The van der Waals surface area contributed by atoms with E-state index in [0.29, 0.717) is 17.3 Å². The van der Waals surface area contributed by atoms with Gasteiger partial charge in [-0.1, -0.05) is 30.0 Å². The molecule has 0 aliphatic heterocycles. The lowest BCUT2D eigenvalue weighted by atomic mass is 10.2. The predicted molar refractivity (Wildman–Crippen MR) is 101 cm³/mol. The van der Waals surface area contributed by atoms with Gasteiger partial charge in [0.2, 0.25) is 11.0 Å². The van der Waals surface area contributed by atoms with Crippen molar-refractivity contribution in [2.24, 2.45) is 7.05 Å². The molecule has 8 heteroatoms. The molecule has 25 heavy (non-hydrogen) atoms. The lowest BCUT2D eigenvalue weighted by molar-refractivity contribution is -0.118. The standard InChI is InChI=1S/C17H22N4O2S2/c1-5-15(23)21(12-6-7-12)16-18-19-17(25-16)24-9-14(22)13-8-10(2)20(4)11(13)3/h8,12H,5-7,9H2,1-4H3. The van der Waals surface area contributed by atoms with Crippen molar-refractivity contribution in [3.8, 4) is 0 Å². The molecule has 0 atom stereocenters. The number of aromatic nitrogens is 3. The fourth-order valence-electron chi connectivity index (χ4n) is 2.67. The highest BCUT2D eigenvalue weighted by Crippen LogP contribution is 2.36. The van der Waals surface area contributed by atoms with Crippen LogP contribution in [0.1, 0.15) is 47.9 Å². The van der Waals surface area contributed by atoms with E-state index in [9.17, 15) is 9.59 Å². The third kappa shape index (κ3) is 3.79. The highest BCUT2D eigenvalue weighted by molar-refractivity contribution is 8.01. The summed E-state index contributed by atoms with van der Waals surface area (Å²) in [6.07, 6.45) is 2.52. The first kappa shape index (κ1) is 18.1. The zero-order chi connectivity index (χ0) is 18.1. The summed E-state index contributed by atoms with van der Waals surface area (Å²) in [5.41, 5.74) is 2.81. The first-order valence-corrected chi connectivity index (χ1v) is 10.2. The van der Waals surface area contributed by atoms with E-state index in [0.717, 1.165) is 34.1 Å². The molecule has 0 unspecified atom stereocenters. The summed E-state index contributed by atoms with van der Waals surface area (Å²) >= 11 is 2.78. The van der Waals surface area contributed by atoms with Crippen LogP contribution in [0.25, 0.3) is 0 Å². The van der Waals surface area contributed by atoms with Gasteiger partial charge in [-0.3, -0.25) is 14.5 Å². The number of nitrogens with zero attached hydrogens (tertiary/aromatic N) is 4. The van der Waals surface area contributed by atoms with E-state index >= 15 is 0 Å². The molecule has 1 saturated carbocycles. The van der Waals surface area contributed by atoms with Gasteiger partial charge in [0, 0.05) is 36.5 Å². The Morgan fingerprint density at radius 3 is 2.64 bits per heavy atom. The van der Waals surface area contributed by atoms with E-state index in [1.807, 2.05) is 38.5 Å². The summed E-state index contributed by atoms with van der Waals surface area (Å²) in [5.74, 6) is 0.498. The number of carbonyl (C=O) groups excluding carboxylic acids is 2. The average Bonchev–Trinajstić information content (AvgIpc) is 3.27. The second-order valence-corrected chi connectivity index (χ2v) is 8.43. The molecule has 1 amide bonds. The van der Waals surface area contributed by atoms with Gasteiger partial charge in [0.15, 0.2) is 10.1 Å². The number of ketones is 1. The van der Waals surface area contributed by atoms with Crippen LogP contribution in [-0.2, 0) is 11.8 Å². The minimum Gasteiger partial charge on any atom is -0.351 e. The molecule has 2 heterocycles. The molecule has 0 N–H and O–H groups in total. The number of hydrogen-bond acceptors (Lipinski definition) is 6. The maximum Gasteiger partial charge on any atom is 0.228 e. The fraction of sp³-hybridized carbons (Fsp3) is 0.529. The van der Waals surface area contributed by atoms with Crippen LogP contribution >= 0.6 is 23.1 Å². The van der Waals surface area contributed by atoms with Crippen LogP contribution in [0.2, 0.25) is 0 Å². The molecule has 6 nitrogen and oxygen atoms in total. The number of amides is 1. The zero-order valence-corrected chi connectivity index (χ0v) is 16.5. The molecule has 0 radical (unpaired) electrons. The second-order valence-electron chi connectivity index (χ2n) is 6.25. The molecule has 1 aliphatic rings. The molecule has 1 aliphatic carbocycles. The molecule has 1 fully saturated rings. The lowest BCUT2D eigenvalue weighted by Gasteiger charge is -2.17. The SMILES string of the molecule is CCC(=O)N(c1nnc(SCC(=O)c2cc(C)n(C)c2C)s1)C1CC1. The van der Waals surface area contributed by atoms with Gasteiger partial charge in [-0.15, -0.1) is 10.2 Å². The topological polar surface area (TPSA) is 68.1 Å². The van der Waals surface area contributed by atoms with E-state index < -0.39 is 0 Å². The summed E-state index contributed by atoms with van der Waals surface area (Å²) in [6.45, 7) is 5.81. The monoisotopic (exact) mass is 378 g/mol. The summed E-state index contributed by atoms with van der Waals surface area (Å²) in [5, 5.41) is 8.97. The molecular formula is C17H22N4O2S2. The van der Waals surface area contributed by atoms with Crippen molar-refractivity contribution in [2.45, 2.75) is 50.4 Å². The van der Waals surface area contributed by atoms with Gasteiger partial charge in [-0.05, 0) is 32.8 Å². The third-order valence-electron chi connectivity index (χ3n) is 4.49. The molecule has 3 rings (SSSR count). The molecule has 0 bridgehead atoms. The number of rotatable bonds is 7. The van der Waals surface area contributed by atoms with Crippen LogP contribution in [0.4, 0.5) is 5.13 Å². The quantitative estimate of drug-likeness (QED) is 0.420. The van der Waals surface area contributed by atoms with Crippen LogP contribution in [-0.4, -0.2) is 38.2 Å². The minimum atomic E-state index is 0.0849. The van der Waals surface area contributed by atoms with Crippen molar-refractivity contribution in [1.82, 2.24) is 14.8 Å². The van der Waals surface area contributed by atoms with Crippen LogP contribution in [0.5, 0.6) is 0 Å². The van der Waals surface area contributed by atoms with Gasteiger partial charge in [-0.25, -0.2) is 0 Å². The number of carbonyl (C=O) groups is 2. The molecule has 0 aromatic carbocycles. The van der Waals surface area contributed by atoms with Gasteiger partial charge < -0.3 is 4.57 Å². The van der Waals surface area contributed by atoms with E-state index in [1.54, 1.807) is 4.90 Å². The fourth-order valence-corrected chi connectivity index (χ4v) is 4.48. The van der Waals surface area contributed by atoms with Crippen molar-refractivity contribution < 1.29 is 9.59 Å². The second kappa shape index (κ2) is 7.29. The van der Waals surface area contributed by atoms with Crippen LogP contribution in [0.3, 0.4) is 0 Å². The number of Topliss-reactive ketones (excluding diaryl/α,β-unsaturated/α-hetero) is 1. The molecule has 2 aromatic rings. The largest absolute Gasteiger partial charge is 0.351 e. The third-order valence-corrected chi connectivity index (χ3v) is 6.54. The molecule has 0 spiro atoms. The van der Waals surface area contributed by atoms with Crippen LogP contribution in [0.15, 0.2) is 10.4 Å². The predicted octanol–water partition coefficient (Wildman–Crippen LogP) is 3.37. The summed E-state index contributed by atoms with van der Waals surface area (Å²) in [7, 11) is 1.96. The normalized spacial score (nSPS) is 13.9. The number of hydrogen-bond donors (Lipinski definition) is 0. The summed E-state index contributed by atoms with van der Waals surface area (Å²) in [4.78, 5) is 26.4. The average molecular weight is 379 g/mol. The molecule has 134 valence electrons. The van der Waals surface area contributed by atoms with E-state index in [2.05, 4.69) is 10.2 Å². The Morgan fingerprint density at radius 1 is 1.36 bits per heavy atom. The van der Waals surface area contributed by atoms with Gasteiger partial charge in [0.1, 0.15) is 0 Å². The number of thioether (sulfide) groups is 1. The first-order chi connectivity index (χ1) is 11.9. The minimum absolute atomic E-state index is 0.0849. The highest BCUT2D eigenvalue weighted by atomic mass is 32.2. The van der Waals surface area contributed by atoms with Crippen molar-refractivity contribution in [2.75, 3.05) is 10.7 Å². The molecule has 0 saturated heterocycles. The summed E-state index contributed by atoms with van der Waals surface area (Å²) < 4.78 is 2.74. The van der Waals surface area contributed by atoms with E-state index in [4.69, 9.17) is 0 Å². The van der Waals surface area contributed by atoms with Crippen molar-refractivity contribution in [3.63, 3.8) is 0 Å². The van der Waals surface area contributed by atoms with E-state index in [1.165, 1.54) is 23.1 Å². The zero-order valence-electron chi connectivity index (χ0n) is 14.9. The van der Waals surface area contributed by atoms with Gasteiger partial charge in [0.25, 0.3) is 0 Å². The Balaban J connectivity index is 1.66. The Labute approximate surface area is 155 Å².